The van der Waals surface area contributed by atoms with Crippen LogP contribution in [0, 0.1) is 0 Å². The van der Waals surface area contributed by atoms with Gasteiger partial charge in [-0.05, 0) is 43.2 Å². The third-order valence-corrected chi connectivity index (χ3v) is 4.89. The highest BCUT2D eigenvalue weighted by atomic mass is 19.4. The SMILES string of the molecule is COc1ccc(NC(=O)CNc2cc(C(F)(F)F)ccc2N2CCCC2)c(OC)c1. The lowest BCUT2D eigenvalue weighted by Crippen LogP contribution is -2.25. The van der Waals surface area contributed by atoms with Crippen LogP contribution in [0.15, 0.2) is 36.4 Å². The van der Waals surface area contributed by atoms with E-state index in [-0.39, 0.29) is 12.2 Å². The van der Waals surface area contributed by atoms with Crippen molar-refractivity contribution in [2.45, 2.75) is 19.0 Å². The Labute approximate surface area is 173 Å². The molecule has 1 saturated heterocycles. The first-order chi connectivity index (χ1) is 14.3. The van der Waals surface area contributed by atoms with Crippen LogP contribution in [0.25, 0.3) is 0 Å². The molecule has 0 bridgehead atoms. The summed E-state index contributed by atoms with van der Waals surface area (Å²) >= 11 is 0. The number of carbonyl (C=O) groups is 1. The zero-order valence-electron chi connectivity index (χ0n) is 16.8. The Morgan fingerprint density at radius 2 is 1.77 bits per heavy atom. The normalized spacial score (nSPS) is 13.8. The Morgan fingerprint density at radius 3 is 2.40 bits per heavy atom. The maximum Gasteiger partial charge on any atom is 0.416 e. The first kappa shape index (κ1) is 21.6. The van der Waals surface area contributed by atoms with E-state index in [4.69, 9.17) is 9.47 Å². The zero-order chi connectivity index (χ0) is 21.7. The standard InChI is InChI=1S/C21H24F3N3O3/c1-29-15-6-7-16(19(12-15)30-2)26-20(28)13-25-17-11-14(21(22,23)24)5-8-18(17)27-9-3-4-10-27/h5-8,11-12,25H,3-4,9-10,13H2,1-2H3,(H,26,28). The van der Waals surface area contributed by atoms with Gasteiger partial charge in [0.15, 0.2) is 0 Å². The lowest BCUT2D eigenvalue weighted by molar-refractivity contribution is -0.137. The molecular weight excluding hydrogens is 399 g/mol. The minimum atomic E-state index is -4.46. The molecule has 0 spiro atoms. The summed E-state index contributed by atoms with van der Waals surface area (Å²) in [5.41, 5.74) is 0.623. The molecule has 2 aromatic rings. The monoisotopic (exact) mass is 423 g/mol. The van der Waals surface area contributed by atoms with Crippen molar-refractivity contribution in [3.8, 4) is 11.5 Å². The van der Waals surface area contributed by atoms with Crippen LogP contribution in [-0.4, -0.2) is 39.8 Å². The second-order valence-electron chi connectivity index (χ2n) is 6.89. The van der Waals surface area contributed by atoms with Crippen molar-refractivity contribution >= 4 is 23.0 Å². The van der Waals surface area contributed by atoms with Crippen LogP contribution >= 0.6 is 0 Å². The van der Waals surface area contributed by atoms with Gasteiger partial charge in [-0.25, -0.2) is 0 Å². The fourth-order valence-electron chi connectivity index (χ4n) is 3.36. The number of methoxy groups -OCH3 is 2. The number of nitrogens with one attached hydrogen (secondary N) is 2. The molecule has 0 aliphatic carbocycles. The molecular formula is C21H24F3N3O3. The van der Waals surface area contributed by atoms with Crippen LogP contribution in [-0.2, 0) is 11.0 Å². The van der Waals surface area contributed by atoms with E-state index in [0.717, 1.165) is 38.1 Å². The van der Waals surface area contributed by atoms with Crippen molar-refractivity contribution < 1.29 is 27.4 Å². The van der Waals surface area contributed by atoms with Gasteiger partial charge in [0.2, 0.25) is 5.91 Å². The highest BCUT2D eigenvalue weighted by Gasteiger charge is 2.31. The molecule has 3 rings (SSSR count). The summed E-state index contributed by atoms with van der Waals surface area (Å²) in [5, 5.41) is 5.56. The maximum absolute atomic E-state index is 13.2. The van der Waals surface area contributed by atoms with Crippen LogP contribution in [0.3, 0.4) is 0 Å². The molecule has 0 saturated carbocycles. The van der Waals surface area contributed by atoms with Crippen molar-refractivity contribution in [1.29, 1.82) is 0 Å². The third kappa shape index (κ3) is 5.08. The lowest BCUT2D eigenvalue weighted by Gasteiger charge is -2.23. The predicted octanol–water partition coefficient (Wildman–Crippen LogP) is 4.37. The van der Waals surface area contributed by atoms with Gasteiger partial charge in [0, 0.05) is 19.2 Å². The van der Waals surface area contributed by atoms with E-state index in [9.17, 15) is 18.0 Å². The van der Waals surface area contributed by atoms with Crippen LogP contribution in [0.5, 0.6) is 11.5 Å². The number of hydrogen-bond donors (Lipinski definition) is 2. The van der Waals surface area contributed by atoms with Crippen LogP contribution < -0.4 is 25.0 Å². The smallest absolute Gasteiger partial charge is 0.416 e. The topological polar surface area (TPSA) is 62.8 Å². The van der Waals surface area contributed by atoms with Crippen LogP contribution in [0.4, 0.5) is 30.2 Å². The molecule has 0 unspecified atom stereocenters. The van der Waals surface area contributed by atoms with Crippen LogP contribution in [0.1, 0.15) is 18.4 Å². The summed E-state index contributed by atoms with van der Waals surface area (Å²) in [6, 6.07) is 8.51. The van der Waals surface area contributed by atoms with Gasteiger partial charge in [0.25, 0.3) is 0 Å². The average molecular weight is 423 g/mol. The summed E-state index contributed by atoms with van der Waals surface area (Å²) in [6.07, 6.45) is -2.49. The number of rotatable bonds is 7. The Morgan fingerprint density at radius 1 is 1.03 bits per heavy atom. The summed E-state index contributed by atoms with van der Waals surface area (Å²) in [4.78, 5) is 14.4. The van der Waals surface area contributed by atoms with Gasteiger partial charge in [-0.15, -0.1) is 0 Å². The van der Waals surface area contributed by atoms with E-state index in [2.05, 4.69) is 10.6 Å². The molecule has 1 heterocycles. The molecule has 0 aromatic heterocycles. The molecule has 1 fully saturated rings. The van der Waals surface area contributed by atoms with E-state index in [1.165, 1.54) is 20.3 Å². The molecule has 2 aromatic carbocycles. The molecule has 9 heteroatoms. The number of nitrogens with zero attached hydrogens (tertiary/aromatic N) is 1. The van der Waals surface area contributed by atoms with Gasteiger partial charge >= 0.3 is 6.18 Å². The van der Waals surface area contributed by atoms with E-state index < -0.39 is 17.6 Å². The Bertz CT molecular complexity index is 897. The highest BCUT2D eigenvalue weighted by molar-refractivity contribution is 5.95. The largest absolute Gasteiger partial charge is 0.497 e. The summed E-state index contributed by atoms with van der Waals surface area (Å²) in [5.74, 6) is 0.574. The Hall–Kier alpha value is -3.10. The highest BCUT2D eigenvalue weighted by Crippen LogP contribution is 2.36. The number of halogens is 3. The van der Waals surface area contributed by atoms with Gasteiger partial charge < -0.3 is 25.0 Å². The quantitative estimate of drug-likeness (QED) is 0.692. The Balaban J connectivity index is 1.74. The van der Waals surface area contributed by atoms with Gasteiger partial charge in [0.05, 0.1) is 43.4 Å². The number of carbonyl (C=O) groups excluding carboxylic acids is 1. The predicted molar refractivity (Wildman–Crippen MR) is 110 cm³/mol. The number of alkyl halides is 3. The van der Waals surface area contributed by atoms with Gasteiger partial charge in [-0.2, -0.15) is 13.2 Å². The van der Waals surface area contributed by atoms with E-state index in [1.807, 2.05) is 4.90 Å². The summed E-state index contributed by atoms with van der Waals surface area (Å²) in [7, 11) is 2.98. The number of hydrogen-bond acceptors (Lipinski definition) is 5. The fraction of sp³-hybridized carbons (Fsp3) is 0.381. The van der Waals surface area contributed by atoms with Gasteiger partial charge in [-0.1, -0.05) is 0 Å². The third-order valence-electron chi connectivity index (χ3n) is 4.89. The van der Waals surface area contributed by atoms with E-state index >= 15 is 0 Å². The lowest BCUT2D eigenvalue weighted by atomic mass is 10.1. The molecule has 0 radical (unpaired) electrons. The number of amides is 1. The summed E-state index contributed by atoms with van der Waals surface area (Å²) < 4.78 is 49.9. The molecule has 30 heavy (non-hydrogen) atoms. The minimum absolute atomic E-state index is 0.197. The van der Waals surface area contributed by atoms with Gasteiger partial charge in [-0.3, -0.25) is 4.79 Å². The number of ether oxygens (including phenoxy) is 2. The molecule has 2 N–H and O–H groups in total. The van der Waals surface area contributed by atoms with Gasteiger partial charge in [0.1, 0.15) is 11.5 Å². The Kier molecular flexibility index (Phi) is 6.59. The molecule has 0 atom stereocenters. The average Bonchev–Trinajstić information content (AvgIpc) is 3.26. The van der Waals surface area contributed by atoms with Crippen molar-refractivity contribution in [2.24, 2.45) is 0 Å². The van der Waals surface area contributed by atoms with Crippen molar-refractivity contribution in [3.63, 3.8) is 0 Å². The molecule has 6 nitrogen and oxygen atoms in total. The maximum atomic E-state index is 13.2. The first-order valence-electron chi connectivity index (χ1n) is 9.54. The van der Waals surface area contributed by atoms with Crippen LogP contribution in [0.2, 0.25) is 0 Å². The second kappa shape index (κ2) is 9.15. The van der Waals surface area contributed by atoms with E-state index in [0.29, 0.717) is 22.9 Å². The number of benzene rings is 2. The van der Waals surface area contributed by atoms with Crippen molar-refractivity contribution in [1.82, 2.24) is 0 Å². The zero-order valence-corrected chi connectivity index (χ0v) is 16.8. The van der Waals surface area contributed by atoms with Crippen molar-refractivity contribution in [3.05, 3.63) is 42.0 Å². The molecule has 1 aliphatic heterocycles. The van der Waals surface area contributed by atoms with Crippen molar-refractivity contribution in [2.75, 3.05) is 49.4 Å². The summed E-state index contributed by atoms with van der Waals surface area (Å²) in [6.45, 7) is 1.35. The molecule has 1 amide bonds. The number of anilines is 3. The second-order valence-corrected chi connectivity index (χ2v) is 6.89. The first-order valence-corrected chi connectivity index (χ1v) is 9.54. The fourth-order valence-corrected chi connectivity index (χ4v) is 3.36. The minimum Gasteiger partial charge on any atom is -0.497 e. The molecule has 162 valence electrons. The van der Waals surface area contributed by atoms with E-state index in [1.54, 1.807) is 18.2 Å². The molecule has 1 aliphatic rings.